The number of amides is 1. The number of pyridine rings is 1. The molecule has 1 N–H and O–H groups in total. The predicted molar refractivity (Wildman–Crippen MR) is 90.3 cm³/mol. The molecule has 1 aromatic heterocycles. The number of benzene rings is 1. The molecule has 0 saturated heterocycles. The molecule has 0 bridgehead atoms. The molecule has 23 heavy (non-hydrogen) atoms. The Bertz CT molecular complexity index is 763. The van der Waals surface area contributed by atoms with E-state index in [0.717, 1.165) is 27.8 Å². The minimum Gasteiger partial charge on any atom is -0.347 e. The Labute approximate surface area is 136 Å². The first-order chi connectivity index (χ1) is 11.0. The van der Waals surface area contributed by atoms with E-state index in [2.05, 4.69) is 10.3 Å². The van der Waals surface area contributed by atoms with E-state index < -0.39 is 0 Å². The number of nitrogens with one attached hydrogen (secondary N) is 1. The largest absolute Gasteiger partial charge is 0.347 e. The van der Waals surface area contributed by atoms with Gasteiger partial charge in [0, 0.05) is 18.9 Å². The van der Waals surface area contributed by atoms with E-state index in [1.54, 1.807) is 18.5 Å². The van der Waals surface area contributed by atoms with Crippen molar-refractivity contribution >= 4 is 12.0 Å². The van der Waals surface area contributed by atoms with Crippen LogP contribution in [0.15, 0.2) is 42.2 Å². The number of carbonyl (C=O) groups is 1. The van der Waals surface area contributed by atoms with Crippen LogP contribution in [0, 0.1) is 32.1 Å². The fourth-order valence-electron chi connectivity index (χ4n) is 2.49. The standard InChI is InChI=1S/C19H19N3O/c1-13-8-14(2)18(15(3)9-13)10-17(11-20)19(23)22-12-16-4-6-21-7-5-16/h4-10H,12H2,1-3H3,(H,22,23). The number of aromatic nitrogens is 1. The molecule has 1 amide bonds. The molecule has 4 heteroatoms. The zero-order valence-electron chi connectivity index (χ0n) is 13.6. The smallest absolute Gasteiger partial charge is 0.262 e. The molecular formula is C19H19N3O. The molecule has 2 aromatic rings. The topological polar surface area (TPSA) is 65.8 Å². The van der Waals surface area contributed by atoms with Gasteiger partial charge in [0.25, 0.3) is 5.91 Å². The van der Waals surface area contributed by atoms with Crippen LogP contribution in [0.4, 0.5) is 0 Å². The van der Waals surface area contributed by atoms with Gasteiger partial charge in [-0.3, -0.25) is 9.78 Å². The molecule has 2 rings (SSSR count). The van der Waals surface area contributed by atoms with Gasteiger partial charge in [-0.15, -0.1) is 0 Å². The molecule has 0 saturated carbocycles. The van der Waals surface area contributed by atoms with Gasteiger partial charge in [-0.05, 0) is 61.2 Å². The van der Waals surface area contributed by atoms with Crippen LogP contribution in [0.5, 0.6) is 0 Å². The SMILES string of the molecule is Cc1cc(C)c(C=C(C#N)C(=O)NCc2ccncc2)c(C)c1. The zero-order valence-corrected chi connectivity index (χ0v) is 13.6. The lowest BCUT2D eigenvalue weighted by Gasteiger charge is -2.09. The third-order valence-corrected chi connectivity index (χ3v) is 3.59. The molecule has 0 radical (unpaired) electrons. The highest BCUT2D eigenvalue weighted by Crippen LogP contribution is 2.19. The van der Waals surface area contributed by atoms with Gasteiger partial charge >= 0.3 is 0 Å². The lowest BCUT2D eigenvalue weighted by molar-refractivity contribution is -0.117. The Kier molecular flexibility index (Phi) is 5.27. The molecule has 0 fully saturated rings. The van der Waals surface area contributed by atoms with Gasteiger partial charge in [0.05, 0.1) is 0 Å². The summed E-state index contributed by atoms with van der Waals surface area (Å²) in [6.07, 6.45) is 5.00. The highest BCUT2D eigenvalue weighted by Gasteiger charge is 2.11. The van der Waals surface area contributed by atoms with Crippen molar-refractivity contribution in [2.45, 2.75) is 27.3 Å². The average molecular weight is 305 g/mol. The number of hydrogen-bond donors (Lipinski definition) is 1. The third-order valence-electron chi connectivity index (χ3n) is 3.59. The van der Waals surface area contributed by atoms with Crippen molar-refractivity contribution in [2.75, 3.05) is 0 Å². The number of aryl methyl sites for hydroxylation is 3. The Morgan fingerprint density at radius 2 is 1.83 bits per heavy atom. The van der Waals surface area contributed by atoms with E-state index >= 15 is 0 Å². The maximum absolute atomic E-state index is 12.2. The summed E-state index contributed by atoms with van der Waals surface area (Å²) in [5.41, 5.74) is 5.24. The first-order valence-corrected chi connectivity index (χ1v) is 7.38. The molecule has 0 aliphatic heterocycles. The maximum atomic E-state index is 12.2. The molecule has 1 aromatic carbocycles. The van der Waals surface area contributed by atoms with Crippen LogP contribution in [0.2, 0.25) is 0 Å². The van der Waals surface area contributed by atoms with Gasteiger partial charge in [-0.1, -0.05) is 17.7 Å². The molecule has 0 unspecified atom stereocenters. The molecule has 0 spiro atoms. The van der Waals surface area contributed by atoms with Gasteiger partial charge < -0.3 is 5.32 Å². The first kappa shape index (κ1) is 16.4. The summed E-state index contributed by atoms with van der Waals surface area (Å²) in [6, 6.07) is 9.73. The Hall–Kier alpha value is -2.93. The number of rotatable bonds is 4. The van der Waals surface area contributed by atoms with Crippen molar-refractivity contribution in [3.63, 3.8) is 0 Å². The Morgan fingerprint density at radius 1 is 1.22 bits per heavy atom. The lowest BCUT2D eigenvalue weighted by atomic mass is 9.98. The van der Waals surface area contributed by atoms with Crippen molar-refractivity contribution in [3.05, 3.63) is 70.0 Å². The molecule has 1 heterocycles. The van der Waals surface area contributed by atoms with Crippen LogP contribution in [0.1, 0.15) is 27.8 Å². The monoisotopic (exact) mass is 305 g/mol. The summed E-state index contributed by atoms with van der Waals surface area (Å²) in [4.78, 5) is 16.2. The maximum Gasteiger partial charge on any atom is 0.262 e. The summed E-state index contributed by atoms with van der Waals surface area (Å²) in [5, 5.41) is 12.1. The van der Waals surface area contributed by atoms with E-state index in [4.69, 9.17) is 0 Å². The minimum absolute atomic E-state index is 0.106. The van der Waals surface area contributed by atoms with Crippen LogP contribution >= 0.6 is 0 Å². The quantitative estimate of drug-likeness (QED) is 0.696. The first-order valence-electron chi connectivity index (χ1n) is 7.38. The van der Waals surface area contributed by atoms with Crippen LogP contribution in [0.3, 0.4) is 0 Å². The molecule has 4 nitrogen and oxygen atoms in total. The minimum atomic E-state index is -0.372. The van der Waals surface area contributed by atoms with Crippen molar-refractivity contribution < 1.29 is 4.79 Å². The van der Waals surface area contributed by atoms with Crippen LogP contribution < -0.4 is 5.32 Å². The van der Waals surface area contributed by atoms with Gasteiger partial charge in [0.2, 0.25) is 0 Å². The van der Waals surface area contributed by atoms with Crippen molar-refractivity contribution in [1.29, 1.82) is 5.26 Å². The number of carbonyl (C=O) groups excluding carboxylic acids is 1. The van der Waals surface area contributed by atoms with Gasteiger partial charge in [0.1, 0.15) is 11.6 Å². The van der Waals surface area contributed by atoms with Gasteiger partial charge in [0.15, 0.2) is 0 Å². The number of nitrogens with zero attached hydrogens (tertiary/aromatic N) is 2. The van der Waals surface area contributed by atoms with Crippen molar-refractivity contribution in [1.82, 2.24) is 10.3 Å². The Morgan fingerprint density at radius 3 is 2.39 bits per heavy atom. The average Bonchev–Trinajstić information content (AvgIpc) is 2.53. The zero-order chi connectivity index (χ0) is 16.8. The number of hydrogen-bond acceptors (Lipinski definition) is 3. The predicted octanol–water partition coefficient (Wildman–Crippen LogP) is 3.23. The van der Waals surface area contributed by atoms with E-state index in [9.17, 15) is 10.1 Å². The van der Waals surface area contributed by atoms with E-state index in [-0.39, 0.29) is 11.5 Å². The second-order valence-corrected chi connectivity index (χ2v) is 5.52. The molecule has 0 atom stereocenters. The molecule has 0 aliphatic carbocycles. The fraction of sp³-hybridized carbons (Fsp3) is 0.211. The summed E-state index contributed by atoms with van der Waals surface area (Å²) in [5.74, 6) is -0.372. The summed E-state index contributed by atoms with van der Waals surface area (Å²) < 4.78 is 0. The van der Waals surface area contributed by atoms with Crippen molar-refractivity contribution in [2.24, 2.45) is 0 Å². The second-order valence-electron chi connectivity index (χ2n) is 5.52. The normalized spacial score (nSPS) is 11.0. The molecule has 0 aliphatic rings. The van der Waals surface area contributed by atoms with Crippen LogP contribution in [-0.2, 0) is 11.3 Å². The van der Waals surface area contributed by atoms with Crippen LogP contribution in [0.25, 0.3) is 6.08 Å². The fourth-order valence-corrected chi connectivity index (χ4v) is 2.49. The molecular weight excluding hydrogens is 286 g/mol. The van der Waals surface area contributed by atoms with Crippen molar-refractivity contribution in [3.8, 4) is 6.07 Å². The lowest BCUT2D eigenvalue weighted by Crippen LogP contribution is -2.24. The van der Waals surface area contributed by atoms with E-state index in [0.29, 0.717) is 6.54 Å². The van der Waals surface area contributed by atoms with Gasteiger partial charge in [-0.2, -0.15) is 5.26 Å². The highest BCUT2D eigenvalue weighted by molar-refractivity contribution is 6.01. The van der Waals surface area contributed by atoms with Crippen LogP contribution in [-0.4, -0.2) is 10.9 Å². The highest BCUT2D eigenvalue weighted by atomic mass is 16.1. The second kappa shape index (κ2) is 7.37. The Balaban J connectivity index is 2.19. The molecule has 116 valence electrons. The summed E-state index contributed by atoms with van der Waals surface area (Å²) >= 11 is 0. The summed E-state index contributed by atoms with van der Waals surface area (Å²) in [6.45, 7) is 6.36. The van der Waals surface area contributed by atoms with E-state index in [1.807, 2.05) is 51.1 Å². The number of nitriles is 1. The third kappa shape index (κ3) is 4.27. The summed E-state index contributed by atoms with van der Waals surface area (Å²) in [7, 11) is 0. The van der Waals surface area contributed by atoms with Gasteiger partial charge in [-0.25, -0.2) is 0 Å². The van der Waals surface area contributed by atoms with E-state index in [1.165, 1.54) is 0 Å².